The highest BCUT2D eigenvalue weighted by Crippen LogP contribution is 2.23. The van der Waals surface area contributed by atoms with Crippen LogP contribution in [0.1, 0.15) is 28.4 Å². The first-order valence-electron chi connectivity index (χ1n) is 7.13. The predicted octanol–water partition coefficient (Wildman–Crippen LogP) is 3.87. The van der Waals surface area contributed by atoms with Gasteiger partial charge in [-0.1, -0.05) is 24.6 Å². The molecule has 0 aliphatic rings. The SMILES string of the molecule is CCc1cc(NC(=O)c2ccc(S(C)(=O)=O)cc2Cl)ccc1C. The van der Waals surface area contributed by atoms with Gasteiger partial charge in [-0.3, -0.25) is 4.79 Å². The number of carbonyl (C=O) groups is 1. The topological polar surface area (TPSA) is 63.2 Å². The van der Waals surface area contributed by atoms with Crippen LogP contribution in [-0.4, -0.2) is 20.6 Å². The fraction of sp³-hybridized carbons (Fsp3) is 0.235. The molecule has 0 spiro atoms. The van der Waals surface area contributed by atoms with Gasteiger partial charge in [-0.25, -0.2) is 8.42 Å². The zero-order chi connectivity index (χ0) is 17.2. The van der Waals surface area contributed by atoms with Gasteiger partial charge < -0.3 is 5.32 Å². The number of amides is 1. The molecule has 122 valence electrons. The molecule has 6 heteroatoms. The summed E-state index contributed by atoms with van der Waals surface area (Å²) in [6.45, 7) is 4.07. The number of carbonyl (C=O) groups excluding carboxylic acids is 1. The summed E-state index contributed by atoms with van der Waals surface area (Å²) in [6, 6.07) is 9.78. The predicted molar refractivity (Wildman–Crippen MR) is 93.1 cm³/mol. The summed E-state index contributed by atoms with van der Waals surface area (Å²) in [6.07, 6.45) is 1.97. The van der Waals surface area contributed by atoms with Crippen LogP contribution in [0.2, 0.25) is 5.02 Å². The van der Waals surface area contributed by atoms with E-state index in [1.165, 1.54) is 23.8 Å². The van der Waals surface area contributed by atoms with Gasteiger partial charge in [0.15, 0.2) is 9.84 Å². The van der Waals surface area contributed by atoms with Crippen molar-refractivity contribution in [2.45, 2.75) is 25.2 Å². The molecule has 0 bridgehead atoms. The molecule has 4 nitrogen and oxygen atoms in total. The van der Waals surface area contributed by atoms with Crippen LogP contribution in [-0.2, 0) is 16.3 Å². The van der Waals surface area contributed by atoms with Crippen LogP contribution in [0, 0.1) is 6.92 Å². The van der Waals surface area contributed by atoms with Crippen molar-refractivity contribution in [1.29, 1.82) is 0 Å². The van der Waals surface area contributed by atoms with Gasteiger partial charge in [0.25, 0.3) is 5.91 Å². The van der Waals surface area contributed by atoms with Crippen molar-refractivity contribution in [3.63, 3.8) is 0 Å². The number of aryl methyl sites for hydroxylation is 2. The second kappa shape index (κ2) is 6.72. The Hall–Kier alpha value is -1.85. The van der Waals surface area contributed by atoms with Crippen LogP contribution in [0.4, 0.5) is 5.69 Å². The van der Waals surface area contributed by atoms with Crippen LogP contribution in [0.15, 0.2) is 41.3 Å². The lowest BCUT2D eigenvalue weighted by molar-refractivity contribution is 0.102. The van der Waals surface area contributed by atoms with Crippen molar-refractivity contribution in [3.05, 3.63) is 58.1 Å². The summed E-state index contributed by atoms with van der Waals surface area (Å²) in [7, 11) is -3.36. The number of benzene rings is 2. The lowest BCUT2D eigenvalue weighted by Gasteiger charge is -2.10. The Bertz CT molecular complexity index is 860. The zero-order valence-corrected chi connectivity index (χ0v) is 14.8. The fourth-order valence-corrected chi connectivity index (χ4v) is 3.22. The molecule has 2 aromatic carbocycles. The lowest BCUT2D eigenvalue weighted by Crippen LogP contribution is -2.13. The molecule has 0 saturated carbocycles. The highest BCUT2D eigenvalue weighted by Gasteiger charge is 2.15. The van der Waals surface area contributed by atoms with E-state index in [4.69, 9.17) is 11.6 Å². The molecule has 1 amide bonds. The van der Waals surface area contributed by atoms with Gasteiger partial charge >= 0.3 is 0 Å². The van der Waals surface area contributed by atoms with E-state index in [2.05, 4.69) is 12.2 Å². The smallest absolute Gasteiger partial charge is 0.257 e. The largest absolute Gasteiger partial charge is 0.322 e. The van der Waals surface area contributed by atoms with Crippen LogP contribution >= 0.6 is 11.6 Å². The van der Waals surface area contributed by atoms with Crippen molar-refractivity contribution in [2.24, 2.45) is 0 Å². The number of hydrogen-bond acceptors (Lipinski definition) is 3. The van der Waals surface area contributed by atoms with E-state index >= 15 is 0 Å². The van der Waals surface area contributed by atoms with Gasteiger partial charge in [0.1, 0.15) is 0 Å². The van der Waals surface area contributed by atoms with Gasteiger partial charge in [0, 0.05) is 11.9 Å². The first-order chi connectivity index (χ1) is 10.7. The molecule has 0 atom stereocenters. The van der Waals surface area contributed by atoms with Crippen LogP contribution in [0.25, 0.3) is 0 Å². The number of anilines is 1. The van der Waals surface area contributed by atoms with E-state index in [9.17, 15) is 13.2 Å². The number of rotatable bonds is 4. The second-order valence-electron chi connectivity index (χ2n) is 5.36. The normalized spacial score (nSPS) is 11.3. The molecule has 0 aliphatic heterocycles. The van der Waals surface area contributed by atoms with E-state index in [-0.39, 0.29) is 21.4 Å². The molecule has 2 rings (SSSR count). The Labute approximate surface area is 141 Å². The maximum absolute atomic E-state index is 12.3. The van der Waals surface area contributed by atoms with E-state index in [0.29, 0.717) is 5.69 Å². The molecule has 0 aliphatic carbocycles. The minimum atomic E-state index is -3.36. The molecule has 2 aromatic rings. The molecular formula is C17H18ClNO3S. The monoisotopic (exact) mass is 351 g/mol. The summed E-state index contributed by atoms with van der Waals surface area (Å²) in [5.74, 6) is -0.374. The molecule has 1 N–H and O–H groups in total. The molecule has 23 heavy (non-hydrogen) atoms. The van der Waals surface area contributed by atoms with E-state index < -0.39 is 9.84 Å². The van der Waals surface area contributed by atoms with Crippen LogP contribution in [0.5, 0.6) is 0 Å². The van der Waals surface area contributed by atoms with E-state index in [1.54, 1.807) is 0 Å². The van der Waals surface area contributed by atoms with Crippen LogP contribution < -0.4 is 5.32 Å². The third-order valence-corrected chi connectivity index (χ3v) is 5.02. The Morgan fingerprint density at radius 2 is 1.87 bits per heavy atom. The first-order valence-corrected chi connectivity index (χ1v) is 9.39. The standard InChI is InChI=1S/C17H18ClNO3S/c1-4-12-9-13(6-5-11(12)2)19-17(20)15-8-7-14(10-16(15)18)23(3,21)22/h5-10H,4H2,1-3H3,(H,19,20). The maximum Gasteiger partial charge on any atom is 0.257 e. The van der Waals surface area contributed by atoms with Crippen molar-refractivity contribution >= 4 is 33.0 Å². The molecular weight excluding hydrogens is 334 g/mol. The van der Waals surface area contributed by atoms with E-state index in [1.807, 2.05) is 25.1 Å². The molecule has 0 radical (unpaired) electrons. The summed E-state index contributed by atoms with van der Waals surface area (Å²) in [4.78, 5) is 12.4. The number of sulfone groups is 1. The van der Waals surface area contributed by atoms with Gasteiger partial charge in [-0.2, -0.15) is 0 Å². The average molecular weight is 352 g/mol. The Kier molecular flexibility index (Phi) is 5.12. The molecule has 0 aromatic heterocycles. The van der Waals surface area contributed by atoms with Crippen molar-refractivity contribution < 1.29 is 13.2 Å². The van der Waals surface area contributed by atoms with Crippen LogP contribution in [0.3, 0.4) is 0 Å². The molecule has 0 heterocycles. The molecule has 0 fully saturated rings. The number of nitrogens with one attached hydrogen (secondary N) is 1. The van der Waals surface area contributed by atoms with Gasteiger partial charge in [0.05, 0.1) is 15.5 Å². The molecule has 0 unspecified atom stereocenters. The minimum Gasteiger partial charge on any atom is -0.322 e. The van der Waals surface area contributed by atoms with Crippen molar-refractivity contribution in [3.8, 4) is 0 Å². The third kappa shape index (κ3) is 4.12. The van der Waals surface area contributed by atoms with Crippen molar-refractivity contribution in [1.82, 2.24) is 0 Å². The summed E-state index contributed by atoms with van der Waals surface area (Å²) in [5, 5.41) is 2.89. The minimum absolute atomic E-state index is 0.0858. The highest BCUT2D eigenvalue weighted by molar-refractivity contribution is 7.90. The maximum atomic E-state index is 12.3. The second-order valence-corrected chi connectivity index (χ2v) is 7.79. The summed E-state index contributed by atoms with van der Waals surface area (Å²) >= 11 is 6.06. The third-order valence-electron chi connectivity index (χ3n) is 3.60. The Morgan fingerprint density at radius 1 is 1.17 bits per heavy atom. The van der Waals surface area contributed by atoms with E-state index in [0.717, 1.165) is 18.2 Å². The van der Waals surface area contributed by atoms with Gasteiger partial charge in [0.2, 0.25) is 0 Å². The average Bonchev–Trinajstić information content (AvgIpc) is 2.48. The van der Waals surface area contributed by atoms with Gasteiger partial charge in [-0.05, 0) is 54.8 Å². The Balaban J connectivity index is 2.28. The lowest BCUT2D eigenvalue weighted by atomic mass is 10.1. The number of halogens is 1. The van der Waals surface area contributed by atoms with Crippen molar-refractivity contribution in [2.75, 3.05) is 11.6 Å². The Morgan fingerprint density at radius 3 is 2.43 bits per heavy atom. The summed E-state index contributed by atoms with van der Waals surface area (Å²) < 4.78 is 23.0. The fourth-order valence-electron chi connectivity index (χ4n) is 2.24. The zero-order valence-electron chi connectivity index (χ0n) is 13.2. The quantitative estimate of drug-likeness (QED) is 0.909. The summed E-state index contributed by atoms with van der Waals surface area (Å²) in [5.41, 5.74) is 3.24. The number of hydrogen-bond donors (Lipinski definition) is 1. The first kappa shape index (κ1) is 17.5. The van der Waals surface area contributed by atoms with Gasteiger partial charge in [-0.15, -0.1) is 0 Å². The highest BCUT2D eigenvalue weighted by atomic mass is 35.5. The molecule has 0 saturated heterocycles.